The van der Waals surface area contributed by atoms with Gasteiger partial charge < -0.3 is 15.1 Å². The lowest BCUT2D eigenvalue weighted by molar-refractivity contribution is -0.128. The maximum absolute atomic E-state index is 12.4. The highest BCUT2D eigenvalue weighted by Gasteiger charge is 2.31. The molecule has 1 N–H and O–H groups in total. The van der Waals surface area contributed by atoms with Crippen LogP contribution in [-0.2, 0) is 19.2 Å². The summed E-state index contributed by atoms with van der Waals surface area (Å²) in [5, 5.41) is 2.99. The van der Waals surface area contributed by atoms with Gasteiger partial charge in [-0.2, -0.15) is 0 Å². The summed E-state index contributed by atoms with van der Waals surface area (Å²) in [5.74, 6) is 0.0444. The summed E-state index contributed by atoms with van der Waals surface area (Å²) in [4.78, 5) is 52.0. The van der Waals surface area contributed by atoms with Gasteiger partial charge in [-0.25, -0.2) is 0 Å². The highest BCUT2D eigenvalue weighted by atomic mass is 16.2. The van der Waals surface area contributed by atoms with Crippen LogP contribution in [0.15, 0.2) is 24.3 Å². The van der Waals surface area contributed by atoms with Crippen molar-refractivity contribution in [3.63, 3.8) is 0 Å². The number of likely N-dealkylation sites (tertiary alicyclic amines) is 2. The van der Waals surface area contributed by atoms with Gasteiger partial charge in [0, 0.05) is 56.2 Å². The van der Waals surface area contributed by atoms with Gasteiger partial charge in [0.05, 0.1) is 5.92 Å². The number of Topliss-reactive ketones (excluding diaryl/α,β-unsaturated/α-hetero) is 1. The first-order valence-electron chi connectivity index (χ1n) is 11.9. The van der Waals surface area contributed by atoms with Crippen LogP contribution in [0.2, 0.25) is 0 Å². The summed E-state index contributed by atoms with van der Waals surface area (Å²) in [6, 6.07) is 0. The molecule has 0 aromatic heterocycles. The van der Waals surface area contributed by atoms with Crippen molar-refractivity contribution in [3.8, 4) is 0 Å². The Balaban J connectivity index is 1.49. The quantitative estimate of drug-likeness (QED) is 0.370. The second kappa shape index (κ2) is 12.6. The molecular weight excluding hydrogens is 406 g/mol. The van der Waals surface area contributed by atoms with Crippen molar-refractivity contribution < 1.29 is 19.2 Å². The number of unbranched alkanes of at least 4 members (excludes halogenated alkanes) is 4. The number of hydrogen-bond donors (Lipinski definition) is 1. The van der Waals surface area contributed by atoms with E-state index >= 15 is 0 Å². The minimum absolute atomic E-state index is 0.0225. The van der Waals surface area contributed by atoms with E-state index < -0.39 is 0 Å². The van der Waals surface area contributed by atoms with E-state index in [-0.39, 0.29) is 35.3 Å². The van der Waals surface area contributed by atoms with Gasteiger partial charge in [-0.15, -0.1) is 0 Å². The predicted molar refractivity (Wildman–Crippen MR) is 125 cm³/mol. The van der Waals surface area contributed by atoms with Gasteiger partial charge in [-0.3, -0.25) is 19.2 Å². The van der Waals surface area contributed by atoms with Gasteiger partial charge in [0.15, 0.2) is 0 Å². The number of carbonyl (C=O) groups excluding carboxylic acids is 4. The summed E-state index contributed by atoms with van der Waals surface area (Å²) in [5.41, 5.74) is 1.04. The summed E-state index contributed by atoms with van der Waals surface area (Å²) in [7, 11) is 0. The van der Waals surface area contributed by atoms with E-state index in [1.807, 2.05) is 0 Å². The first kappa shape index (κ1) is 25.8. The lowest BCUT2D eigenvalue weighted by Crippen LogP contribution is -2.35. The van der Waals surface area contributed by atoms with Crippen molar-refractivity contribution in [2.24, 2.45) is 11.8 Å². The molecule has 2 fully saturated rings. The van der Waals surface area contributed by atoms with Crippen LogP contribution in [0.5, 0.6) is 0 Å². The third kappa shape index (κ3) is 7.61. The number of nitrogens with zero attached hydrogens (tertiary/aromatic N) is 2. The van der Waals surface area contributed by atoms with Crippen molar-refractivity contribution in [1.82, 2.24) is 15.1 Å². The molecule has 0 aliphatic carbocycles. The standard InChI is InChI=1S/C25H39N3O4/c1-18(2)24(31)27-14-11-20(16-27)22(29)10-8-6-5-7-9-13-26-23(30)21-12-15-28(17-21)25(32)19(3)4/h20-21H,1,3,5-17H2,2,4H3,(H,26,30). The molecule has 2 unspecified atom stereocenters. The molecule has 2 atom stereocenters. The number of carbonyl (C=O) groups is 4. The molecule has 3 amide bonds. The Hall–Kier alpha value is -2.44. The molecule has 178 valence electrons. The molecule has 2 saturated heterocycles. The maximum Gasteiger partial charge on any atom is 0.248 e. The largest absolute Gasteiger partial charge is 0.356 e. The number of hydrogen-bond acceptors (Lipinski definition) is 4. The van der Waals surface area contributed by atoms with Crippen LogP contribution in [0, 0.1) is 11.8 Å². The fraction of sp³-hybridized carbons (Fsp3) is 0.680. The van der Waals surface area contributed by atoms with E-state index in [2.05, 4.69) is 18.5 Å². The Labute approximate surface area is 192 Å². The van der Waals surface area contributed by atoms with Crippen LogP contribution in [0.1, 0.15) is 65.2 Å². The number of rotatable bonds is 12. The topological polar surface area (TPSA) is 86.8 Å². The highest BCUT2D eigenvalue weighted by Crippen LogP contribution is 2.21. The average Bonchev–Trinajstić information content (AvgIpc) is 3.44. The summed E-state index contributed by atoms with van der Waals surface area (Å²) in [6.07, 6.45) is 6.91. The molecule has 32 heavy (non-hydrogen) atoms. The van der Waals surface area contributed by atoms with Crippen molar-refractivity contribution >= 4 is 23.5 Å². The van der Waals surface area contributed by atoms with Gasteiger partial charge in [0.1, 0.15) is 5.78 Å². The molecule has 0 radical (unpaired) electrons. The predicted octanol–water partition coefficient (Wildman–Crippen LogP) is 2.86. The van der Waals surface area contributed by atoms with Crippen LogP contribution in [0.25, 0.3) is 0 Å². The third-order valence-electron chi connectivity index (χ3n) is 6.41. The molecule has 7 nitrogen and oxygen atoms in total. The minimum atomic E-state index is -0.124. The molecule has 2 heterocycles. The monoisotopic (exact) mass is 445 g/mol. The van der Waals surface area contributed by atoms with E-state index in [1.165, 1.54) is 0 Å². The van der Waals surface area contributed by atoms with E-state index in [4.69, 9.17) is 0 Å². The van der Waals surface area contributed by atoms with Crippen LogP contribution < -0.4 is 5.32 Å². The van der Waals surface area contributed by atoms with Crippen molar-refractivity contribution in [3.05, 3.63) is 24.3 Å². The fourth-order valence-electron chi connectivity index (χ4n) is 4.42. The Morgan fingerprint density at radius 1 is 0.781 bits per heavy atom. The molecule has 7 heteroatoms. The Morgan fingerprint density at radius 2 is 1.28 bits per heavy atom. The third-order valence-corrected chi connectivity index (χ3v) is 6.41. The van der Waals surface area contributed by atoms with Crippen LogP contribution in [0.3, 0.4) is 0 Å². The second-order valence-electron chi connectivity index (χ2n) is 9.31. The van der Waals surface area contributed by atoms with E-state index in [9.17, 15) is 19.2 Å². The Bertz CT molecular complexity index is 683. The normalized spacial score (nSPS) is 20.3. The molecule has 2 rings (SSSR count). The molecule has 0 aromatic carbocycles. The second-order valence-corrected chi connectivity index (χ2v) is 9.31. The van der Waals surface area contributed by atoms with Crippen LogP contribution >= 0.6 is 0 Å². The fourth-order valence-corrected chi connectivity index (χ4v) is 4.42. The minimum Gasteiger partial charge on any atom is -0.356 e. The first-order chi connectivity index (χ1) is 15.2. The van der Waals surface area contributed by atoms with Gasteiger partial charge in [-0.1, -0.05) is 32.4 Å². The summed E-state index contributed by atoms with van der Waals surface area (Å²) < 4.78 is 0. The van der Waals surface area contributed by atoms with Crippen LogP contribution in [0.4, 0.5) is 0 Å². The summed E-state index contributed by atoms with van der Waals surface area (Å²) in [6.45, 7) is 13.7. The lowest BCUT2D eigenvalue weighted by atomic mass is 9.98. The molecular formula is C25H39N3O4. The molecule has 0 aromatic rings. The van der Waals surface area contributed by atoms with Gasteiger partial charge in [-0.05, 0) is 39.5 Å². The lowest BCUT2D eigenvalue weighted by Gasteiger charge is -2.16. The SMILES string of the molecule is C=C(C)C(=O)N1CCC(C(=O)CCCCCCCNC(=O)C2CCN(C(=O)C(=C)C)C2)C1. The first-order valence-corrected chi connectivity index (χ1v) is 11.9. The molecule has 2 aliphatic rings. The van der Waals surface area contributed by atoms with Crippen LogP contribution in [-0.4, -0.2) is 66.0 Å². The zero-order valence-corrected chi connectivity index (χ0v) is 19.8. The number of nitrogens with one attached hydrogen (secondary N) is 1. The van der Waals surface area contributed by atoms with Crippen molar-refractivity contribution in [1.29, 1.82) is 0 Å². The van der Waals surface area contributed by atoms with Crippen molar-refractivity contribution in [2.45, 2.75) is 65.2 Å². The smallest absolute Gasteiger partial charge is 0.248 e. The summed E-state index contributed by atoms with van der Waals surface area (Å²) >= 11 is 0. The molecule has 0 spiro atoms. The van der Waals surface area contributed by atoms with Gasteiger partial charge >= 0.3 is 0 Å². The number of amides is 3. The van der Waals surface area contributed by atoms with E-state index in [1.54, 1.807) is 23.6 Å². The number of ketones is 1. The van der Waals surface area contributed by atoms with Crippen molar-refractivity contribution in [2.75, 3.05) is 32.7 Å². The highest BCUT2D eigenvalue weighted by molar-refractivity contribution is 5.93. The average molecular weight is 446 g/mol. The zero-order valence-electron chi connectivity index (χ0n) is 19.8. The van der Waals surface area contributed by atoms with E-state index in [0.717, 1.165) is 38.5 Å². The Morgan fingerprint density at radius 3 is 1.88 bits per heavy atom. The molecule has 0 saturated carbocycles. The molecule has 0 bridgehead atoms. The maximum atomic E-state index is 12.4. The van der Waals surface area contributed by atoms with Gasteiger partial charge in [0.2, 0.25) is 17.7 Å². The zero-order chi connectivity index (χ0) is 23.7. The molecule has 2 aliphatic heterocycles. The Kier molecular flexibility index (Phi) is 10.1. The van der Waals surface area contributed by atoms with E-state index in [0.29, 0.717) is 56.7 Å². The van der Waals surface area contributed by atoms with Gasteiger partial charge in [0.25, 0.3) is 0 Å².